The van der Waals surface area contributed by atoms with E-state index in [1.807, 2.05) is 66.7 Å². The molecular weight excluding hydrogens is 817 g/mol. The summed E-state index contributed by atoms with van der Waals surface area (Å²) in [5.74, 6) is -0.258. The summed E-state index contributed by atoms with van der Waals surface area (Å²) in [5, 5.41) is 2.38. The van der Waals surface area contributed by atoms with E-state index < -0.39 is 6.09 Å². The van der Waals surface area contributed by atoms with E-state index in [1.165, 1.54) is 35.5 Å². The van der Waals surface area contributed by atoms with E-state index in [0.717, 1.165) is 75.1 Å². The Labute approximate surface area is 352 Å². The molecule has 12 rings (SSSR count). The maximum absolute atomic E-state index is 14.4. The van der Waals surface area contributed by atoms with Crippen molar-refractivity contribution in [3.8, 4) is 0 Å². The van der Waals surface area contributed by atoms with Crippen molar-refractivity contribution in [1.82, 2.24) is 4.57 Å². The number of benzene rings is 3. The molecule has 0 amide bonds. The normalized spacial score (nSPS) is 21.7. The van der Waals surface area contributed by atoms with Gasteiger partial charge in [0.15, 0.2) is 28.8 Å². The van der Waals surface area contributed by atoms with Crippen molar-refractivity contribution in [1.29, 1.82) is 0 Å². The molecule has 3 saturated carbocycles. The quantitative estimate of drug-likeness (QED) is 0.129. The average molecular weight is 849 g/mol. The fourth-order valence-corrected chi connectivity index (χ4v) is 15.3. The van der Waals surface area contributed by atoms with Gasteiger partial charge in [-0.05, 0) is 71.4 Å². The number of Topliss-reactive ketones (excluding diaryl/α,β-unsaturated/α-hetero) is 4. The molecule has 290 valence electrons. The summed E-state index contributed by atoms with van der Waals surface area (Å²) >= 11 is 5.94. The zero-order chi connectivity index (χ0) is 39.7. The number of ketones is 4. The van der Waals surface area contributed by atoms with E-state index in [9.17, 15) is 24.0 Å². The second kappa shape index (κ2) is 13.3. The van der Waals surface area contributed by atoms with Crippen LogP contribution < -0.4 is 0 Å². The molecule has 0 saturated heterocycles. The Hall–Kier alpha value is -5.40. The zero-order valence-electron chi connectivity index (χ0n) is 31.3. The lowest BCUT2D eigenvalue weighted by Crippen LogP contribution is -2.35. The van der Waals surface area contributed by atoms with Crippen LogP contribution in [0.5, 0.6) is 0 Å². The largest absolute Gasteiger partial charge is 0.444 e. The first-order valence-corrected chi connectivity index (χ1v) is 23.2. The topological polar surface area (TPSA) is 112 Å². The number of fused-ring (bicyclic) bond motifs is 11. The number of aliphatic imine (C=N–C) groups is 1. The highest BCUT2D eigenvalue weighted by Crippen LogP contribution is 2.53. The van der Waals surface area contributed by atoms with Gasteiger partial charge in [-0.25, -0.2) is 14.4 Å². The Kier molecular flexibility index (Phi) is 8.01. The number of aromatic nitrogens is 1. The lowest BCUT2D eigenvalue weighted by Gasteiger charge is -2.39. The number of hydrogen-bond acceptors (Lipinski definition) is 11. The molecule has 5 heterocycles. The number of allylic oxidation sites excluding steroid dienone is 1. The number of ether oxygens (including phenoxy) is 1. The second-order valence-corrected chi connectivity index (χ2v) is 20.4. The molecule has 4 aliphatic rings. The number of nitrogens with zero attached hydrogens (tertiary/aromatic N) is 2. The maximum Gasteiger partial charge on any atom is 0.419 e. The molecule has 0 radical (unpaired) electrons. The van der Waals surface area contributed by atoms with E-state index in [-0.39, 0.29) is 52.9 Å². The second-order valence-electron chi connectivity index (χ2n) is 16.2. The molecule has 59 heavy (non-hydrogen) atoms. The van der Waals surface area contributed by atoms with Crippen LogP contribution in [-0.2, 0) is 20.9 Å². The third-order valence-electron chi connectivity index (χ3n) is 12.9. The molecule has 3 fully saturated rings. The van der Waals surface area contributed by atoms with Crippen molar-refractivity contribution < 1.29 is 28.7 Å². The molecule has 8 aromatic rings. The first-order valence-electron chi connectivity index (χ1n) is 19.9. The van der Waals surface area contributed by atoms with E-state index in [2.05, 4.69) is 0 Å². The van der Waals surface area contributed by atoms with Crippen molar-refractivity contribution in [3.05, 3.63) is 106 Å². The lowest BCUT2D eigenvalue weighted by molar-refractivity contribution is -0.123. The number of hydrogen-bond donors (Lipinski definition) is 0. The minimum atomic E-state index is -0.529. The number of carbonyl (C=O) groups excluding carboxylic acids is 5. The fourth-order valence-electron chi connectivity index (χ4n) is 10.1. The van der Waals surface area contributed by atoms with E-state index >= 15 is 0 Å². The van der Waals surface area contributed by atoms with Crippen LogP contribution >= 0.6 is 45.3 Å². The first-order chi connectivity index (χ1) is 28.8. The molecule has 4 aliphatic carbocycles. The number of carbonyl (C=O) groups is 5. The highest BCUT2D eigenvalue weighted by molar-refractivity contribution is 7.39. The van der Waals surface area contributed by atoms with Crippen LogP contribution in [0.4, 0.5) is 9.80 Å². The zero-order valence-corrected chi connectivity index (χ0v) is 34.6. The summed E-state index contributed by atoms with van der Waals surface area (Å²) in [6.45, 7) is 0.0839. The van der Waals surface area contributed by atoms with Gasteiger partial charge in [0.25, 0.3) is 0 Å². The Morgan fingerprint density at radius 1 is 0.695 bits per heavy atom. The highest BCUT2D eigenvalue weighted by atomic mass is 32.1. The van der Waals surface area contributed by atoms with Crippen molar-refractivity contribution in [2.75, 3.05) is 0 Å². The lowest BCUT2D eigenvalue weighted by atomic mass is 9.64. The molecule has 0 bridgehead atoms. The molecule has 8 nitrogen and oxygen atoms in total. The number of rotatable bonds is 4. The van der Waals surface area contributed by atoms with Gasteiger partial charge in [-0.2, -0.15) is 0 Å². The molecule has 0 N–H and O–H groups in total. The predicted octanol–water partition coefficient (Wildman–Crippen LogP) is 12.2. The molecule has 12 heteroatoms. The summed E-state index contributed by atoms with van der Waals surface area (Å²) in [4.78, 5) is 74.6. The monoisotopic (exact) mass is 848 g/mol. The summed E-state index contributed by atoms with van der Waals surface area (Å²) in [5.41, 5.74) is 3.33. The molecule has 0 spiro atoms. The van der Waals surface area contributed by atoms with Crippen LogP contribution in [-0.4, -0.2) is 39.5 Å². The molecule has 4 atom stereocenters. The molecule has 5 aromatic heterocycles. The standard InChI is InChI=1S/C47H32N2O6S4/c50-39-28-14-23-10-4-5-11-24(23)15-29(28)40(51)32(39)18-27-19-33-43(56-27)37-45(57-33)46-38(49(37)47(54)55-21-22-8-2-1-3-9-22)44-34(58-46)20-35(59-44)48-36-41(52)30-16-25-12-6-7-13-26(25)17-31(30)42(36)53/h1-5,8-11,14-15,18-20,25-26,30-31H,6-7,12-13,16-17,21H2. The van der Waals surface area contributed by atoms with Crippen molar-refractivity contribution in [2.24, 2.45) is 28.7 Å². The van der Waals surface area contributed by atoms with Crippen LogP contribution in [0.1, 0.15) is 69.7 Å². The van der Waals surface area contributed by atoms with Gasteiger partial charge in [-0.1, -0.05) is 80.3 Å². The minimum absolute atomic E-state index is 0.0833. The SMILES string of the molecule is O=C1C(=Cc2cc3sc4c5sc6cc(N=C7C(=O)C8CC9CCCCC9CC8C7=O)sc6c5n(C(=O)OCc5ccccc5)c4c3s2)C(=O)c2cc3ccccc3cc21. The van der Waals surface area contributed by atoms with Crippen LogP contribution in [0.3, 0.4) is 0 Å². The Balaban J connectivity index is 0.953. The van der Waals surface area contributed by atoms with E-state index in [4.69, 9.17) is 9.73 Å². The first kappa shape index (κ1) is 35.5. The van der Waals surface area contributed by atoms with Gasteiger partial charge in [-0.3, -0.25) is 19.2 Å². The van der Waals surface area contributed by atoms with Gasteiger partial charge in [0, 0.05) is 32.5 Å². The van der Waals surface area contributed by atoms with Crippen molar-refractivity contribution in [3.63, 3.8) is 0 Å². The molecule has 4 unspecified atom stereocenters. The van der Waals surface area contributed by atoms with Gasteiger partial charge >= 0.3 is 6.09 Å². The minimum Gasteiger partial charge on any atom is -0.444 e. The fraction of sp³-hybridized carbons (Fsp3) is 0.234. The Morgan fingerprint density at radius 3 is 1.90 bits per heavy atom. The van der Waals surface area contributed by atoms with Crippen LogP contribution in [0.15, 0.2) is 89.4 Å². The smallest absolute Gasteiger partial charge is 0.419 e. The summed E-state index contributed by atoms with van der Waals surface area (Å²) in [6.07, 6.45) is 7.43. The van der Waals surface area contributed by atoms with Gasteiger partial charge in [0.2, 0.25) is 0 Å². The molecule has 3 aromatic carbocycles. The Morgan fingerprint density at radius 2 is 1.27 bits per heavy atom. The van der Waals surface area contributed by atoms with Gasteiger partial charge in [0.1, 0.15) is 11.6 Å². The average Bonchev–Trinajstić information content (AvgIpc) is 4.11. The van der Waals surface area contributed by atoms with Crippen LogP contribution in [0, 0.1) is 23.7 Å². The Bertz CT molecular complexity index is 3170. The van der Waals surface area contributed by atoms with Crippen LogP contribution in [0.25, 0.3) is 56.1 Å². The van der Waals surface area contributed by atoms with Crippen molar-refractivity contribution in [2.45, 2.75) is 45.1 Å². The van der Waals surface area contributed by atoms with E-state index in [1.54, 1.807) is 45.4 Å². The maximum atomic E-state index is 14.4. The molecular formula is C47H32N2O6S4. The molecule has 0 aliphatic heterocycles. The highest BCUT2D eigenvalue weighted by Gasteiger charge is 2.52. The third-order valence-corrected chi connectivity index (χ3v) is 17.7. The summed E-state index contributed by atoms with van der Waals surface area (Å²) in [7, 11) is 0. The number of thiophene rings is 4. The van der Waals surface area contributed by atoms with Gasteiger partial charge in [-0.15, -0.1) is 45.3 Å². The van der Waals surface area contributed by atoms with E-state index in [0.29, 0.717) is 39.0 Å². The van der Waals surface area contributed by atoms with Gasteiger partial charge < -0.3 is 4.74 Å². The predicted molar refractivity (Wildman–Crippen MR) is 237 cm³/mol. The van der Waals surface area contributed by atoms with Crippen molar-refractivity contribution >= 4 is 141 Å². The van der Waals surface area contributed by atoms with Crippen LogP contribution in [0.2, 0.25) is 0 Å². The van der Waals surface area contributed by atoms with Gasteiger partial charge in [0.05, 0.1) is 40.1 Å². The summed E-state index contributed by atoms with van der Waals surface area (Å²) in [6, 6.07) is 24.7. The third kappa shape index (κ3) is 5.42. The summed E-state index contributed by atoms with van der Waals surface area (Å²) < 4.78 is 13.1.